The zero-order chi connectivity index (χ0) is 18.6. The van der Waals surface area contributed by atoms with Gasteiger partial charge in [0.15, 0.2) is 0 Å². The van der Waals surface area contributed by atoms with Gasteiger partial charge in [0.2, 0.25) is 11.7 Å². The van der Waals surface area contributed by atoms with Crippen molar-refractivity contribution >= 4 is 0 Å². The van der Waals surface area contributed by atoms with Gasteiger partial charge < -0.3 is 4.52 Å². The van der Waals surface area contributed by atoms with Crippen molar-refractivity contribution in [3.8, 4) is 11.4 Å². The lowest BCUT2D eigenvalue weighted by Crippen LogP contribution is -2.46. The van der Waals surface area contributed by atoms with Crippen LogP contribution in [-0.2, 0) is 6.54 Å². The van der Waals surface area contributed by atoms with Gasteiger partial charge in [-0.15, -0.1) is 0 Å². The van der Waals surface area contributed by atoms with E-state index in [1.165, 1.54) is 11.1 Å². The zero-order valence-electron chi connectivity index (χ0n) is 16.0. The number of benzene rings is 2. The standard InChI is InChI=1S/C22H26N4O/c1-17-8-6-7-11-20(17)16-25-12-14-26(15-13-25)18(2)22-23-21(24-27-22)19-9-4-3-5-10-19/h3-11,18H,12-16H2,1-2H3/t18-/m1/s1. The summed E-state index contributed by atoms with van der Waals surface area (Å²) in [6.45, 7) is 9.49. The van der Waals surface area contributed by atoms with Crippen molar-refractivity contribution in [2.45, 2.75) is 26.4 Å². The molecule has 0 amide bonds. The van der Waals surface area contributed by atoms with Gasteiger partial charge >= 0.3 is 0 Å². The van der Waals surface area contributed by atoms with Crippen molar-refractivity contribution in [2.24, 2.45) is 0 Å². The van der Waals surface area contributed by atoms with Crippen LogP contribution < -0.4 is 0 Å². The summed E-state index contributed by atoms with van der Waals surface area (Å²) in [7, 11) is 0. The first-order chi connectivity index (χ1) is 13.2. The van der Waals surface area contributed by atoms with Gasteiger partial charge in [-0.25, -0.2) is 0 Å². The number of hydrogen-bond donors (Lipinski definition) is 0. The van der Waals surface area contributed by atoms with Gasteiger partial charge in [0, 0.05) is 38.3 Å². The Morgan fingerprint density at radius 2 is 1.67 bits per heavy atom. The Morgan fingerprint density at radius 1 is 0.963 bits per heavy atom. The minimum Gasteiger partial charge on any atom is -0.337 e. The largest absolute Gasteiger partial charge is 0.337 e. The number of nitrogens with zero attached hydrogens (tertiary/aromatic N) is 4. The molecule has 0 unspecified atom stereocenters. The summed E-state index contributed by atoms with van der Waals surface area (Å²) in [4.78, 5) is 9.57. The van der Waals surface area contributed by atoms with Crippen LogP contribution in [0.1, 0.15) is 30.0 Å². The first-order valence-corrected chi connectivity index (χ1v) is 9.60. The average molecular weight is 362 g/mol. The maximum atomic E-state index is 5.56. The van der Waals surface area contributed by atoms with Crippen LogP contribution in [0, 0.1) is 6.92 Å². The van der Waals surface area contributed by atoms with E-state index in [0.29, 0.717) is 11.7 Å². The molecule has 1 aliphatic rings. The minimum absolute atomic E-state index is 0.135. The second-order valence-corrected chi connectivity index (χ2v) is 7.24. The van der Waals surface area contributed by atoms with Crippen LogP contribution in [0.4, 0.5) is 0 Å². The van der Waals surface area contributed by atoms with Crippen LogP contribution in [0.3, 0.4) is 0 Å². The first-order valence-electron chi connectivity index (χ1n) is 9.60. The van der Waals surface area contributed by atoms with E-state index in [2.05, 4.69) is 58.1 Å². The van der Waals surface area contributed by atoms with Crippen molar-refractivity contribution in [3.63, 3.8) is 0 Å². The number of aromatic nitrogens is 2. The first kappa shape index (κ1) is 17.9. The molecule has 1 aromatic heterocycles. The smallest absolute Gasteiger partial charge is 0.244 e. The maximum Gasteiger partial charge on any atom is 0.244 e. The van der Waals surface area contributed by atoms with Gasteiger partial charge in [0.1, 0.15) is 0 Å². The number of rotatable bonds is 5. The highest BCUT2D eigenvalue weighted by Gasteiger charge is 2.26. The van der Waals surface area contributed by atoms with E-state index in [0.717, 1.165) is 38.3 Å². The lowest BCUT2D eigenvalue weighted by Gasteiger charge is -2.37. The van der Waals surface area contributed by atoms with E-state index in [9.17, 15) is 0 Å². The third-order valence-electron chi connectivity index (χ3n) is 5.44. The van der Waals surface area contributed by atoms with E-state index in [-0.39, 0.29) is 6.04 Å². The lowest BCUT2D eigenvalue weighted by molar-refractivity contribution is 0.0844. The van der Waals surface area contributed by atoms with Gasteiger partial charge in [-0.05, 0) is 25.0 Å². The Kier molecular flexibility index (Phi) is 5.32. The van der Waals surface area contributed by atoms with Crippen LogP contribution in [0.25, 0.3) is 11.4 Å². The normalized spacial score (nSPS) is 17.1. The molecule has 0 bridgehead atoms. The molecule has 0 spiro atoms. The molecular formula is C22H26N4O. The molecule has 0 N–H and O–H groups in total. The van der Waals surface area contributed by atoms with Crippen molar-refractivity contribution in [1.82, 2.24) is 19.9 Å². The molecule has 1 fully saturated rings. The molecule has 2 aromatic carbocycles. The third-order valence-corrected chi connectivity index (χ3v) is 5.44. The predicted octanol–water partition coefficient (Wildman–Crippen LogP) is 3.92. The van der Waals surface area contributed by atoms with Crippen LogP contribution in [0.5, 0.6) is 0 Å². The summed E-state index contributed by atoms with van der Waals surface area (Å²) < 4.78 is 5.56. The van der Waals surface area contributed by atoms with Crippen LogP contribution in [0.2, 0.25) is 0 Å². The van der Waals surface area contributed by atoms with Gasteiger partial charge in [-0.1, -0.05) is 59.8 Å². The van der Waals surface area contributed by atoms with E-state index in [1.54, 1.807) is 0 Å². The molecule has 4 rings (SSSR count). The predicted molar refractivity (Wildman–Crippen MR) is 106 cm³/mol. The molecular weight excluding hydrogens is 336 g/mol. The Labute approximate surface area is 160 Å². The SMILES string of the molecule is Cc1ccccc1CN1CCN([C@H](C)c2nc(-c3ccccc3)no2)CC1. The van der Waals surface area contributed by atoms with Crippen molar-refractivity contribution < 1.29 is 4.52 Å². The molecule has 5 heteroatoms. The van der Waals surface area contributed by atoms with E-state index in [4.69, 9.17) is 4.52 Å². The van der Waals surface area contributed by atoms with Crippen LogP contribution in [-0.4, -0.2) is 46.1 Å². The van der Waals surface area contributed by atoms with Crippen LogP contribution in [0.15, 0.2) is 59.1 Å². The zero-order valence-corrected chi connectivity index (χ0v) is 16.0. The molecule has 0 aliphatic carbocycles. The summed E-state index contributed by atoms with van der Waals surface area (Å²) in [5.74, 6) is 1.36. The summed E-state index contributed by atoms with van der Waals surface area (Å²) in [5, 5.41) is 4.16. The summed E-state index contributed by atoms with van der Waals surface area (Å²) in [6.07, 6.45) is 0. The number of aryl methyl sites for hydroxylation is 1. The quantitative estimate of drug-likeness (QED) is 0.688. The topological polar surface area (TPSA) is 45.4 Å². The molecule has 3 aromatic rings. The Bertz CT molecular complexity index is 869. The highest BCUT2D eigenvalue weighted by Crippen LogP contribution is 2.24. The van der Waals surface area contributed by atoms with E-state index >= 15 is 0 Å². The molecule has 27 heavy (non-hydrogen) atoms. The van der Waals surface area contributed by atoms with E-state index in [1.807, 2.05) is 30.3 Å². The Balaban J connectivity index is 1.36. The molecule has 0 saturated carbocycles. The minimum atomic E-state index is 0.135. The van der Waals surface area contributed by atoms with Gasteiger partial charge in [-0.3, -0.25) is 9.80 Å². The monoisotopic (exact) mass is 362 g/mol. The van der Waals surface area contributed by atoms with Crippen molar-refractivity contribution in [3.05, 3.63) is 71.6 Å². The van der Waals surface area contributed by atoms with Gasteiger partial charge in [0.05, 0.1) is 6.04 Å². The fourth-order valence-corrected chi connectivity index (χ4v) is 3.60. The maximum absolute atomic E-state index is 5.56. The molecule has 1 aliphatic heterocycles. The highest BCUT2D eigenvalue weighted by molar-refractivity contribution is 5.53. The highest BCUT2D eigenvalue weighted by atomic mass is 16.5. The molecule has 1 atom stereocenters. The number of hydrogen-bond acceptors (Lipinski definition) is 5. The third kappa shape index (κ3) is 4.10. The molecule has 2 heterocycles. The van der Waals surface area contributed by atoms with Crippen LogP contribution >= 0.6 is 0 Å². The molecule has 5 nitrogen and oxygen atoms in total. The van der Waals surface area contributed by atoms with Gasteiger partial charge in [0.25, 0.3) is 0 Å². The lowest BCUT2D eigenvalue weighted by atomic mass is 10.1. The Morgan fingerprint density at radius 3 is 2.41 bits per heavy atom. The summed E-state index contributed by atoms with van der Waals surface area (Å²) in [6, 6.07) is 18.8. The van der Waals surface area contributed by atoms with Gasteiger partial charge in [-0.2, -0.15) is 4.98 Å². The number of piperazine rings is 1. The van der Waals surface area contributed by atoms with E-state index < -0.39 is 0 Å². The molecule has 1 saturated heterocycles. The van der Waals surface area contributed by atoms with Crippen molar-refractivity contribution in [1.29, 1.82) is 0 Å². The summed E-state index contributed by atoms with van der Waals surface area (Å²) >= 11 is 0. The molecule has 140 valence electrons. The second kappa shape index (κ2) is 8.03. The molecule has 0 radical (unpaired) electrons. The van der Waals surface area contributed by atoms with Crippen molar-refractivity contribution in [2.75, 3.05) is 26.2 Å². The fourth-order valence-electron chi connectivity index (χ4n) is 3.60. The second-order valence-electron chi connectivity index (χ2n) is 7.24. The fraction of sp³-hybridized carbons (Fsp3) is 0.364. The Hall–Kier alpha value is -2.50. The average Bonchev–Trinajstić information content (AvgIpc) is 3.21. The summed E-state index contributed by atoms with van der Waals surface area (Å²) in [5.41, 5.74) is 3.78.